The van der Waals surface area contributed by atoms with Crippen LogP contribution < -0.4 is 11.5 Å². The van der Waals surface area contributed by atoms with Gasteiger partial charge in [-0.25, -0.2) is 4.98 Å². The van der Waals surface area contributed by atoms with E-state index in [1.165, 1.54) is 0 Å². The van der Waals surface area contributed by atoms with Gasteiger partial charge in [0, 0.05) is 5.38 Å². The molecule has 0 fully saturated rings. The van der Waals surface area contributed by atoms with Gasteiger partial charge in [-0.3, -0.25) is 0 Å². The highest BCUT2D eigenvalue weighted by Crippen LogP contribution is 2.32. The SMILES string of the molecule is NC(N)=Nc1nc(C(F)(F)F)cs1. The zero-order chi connectivity index (χ0) is 10.1. The number of rotatable bonds is 1. The summed E-state index contributed by atoms with van der Waals surface area (Å²) in [4.78, 5) is 6.54. The third kappa shape index (κ3) is 2.58. The van der Waals surface area contributed by atoms with Crippen molar-refractivity contribution in [1.29, 1.82) is 0 Å². The summed E-state index contributed by atoms with van der Waals surface area (Å²) < 4.78 is 35.9. The summed E-state index contributed by atoms with van der Waals surface area (Å²) in [6, 6.07) is 0. The number of hydrogen-bond acceptors (Lipinski definition) is 3. The molecule has 0 bridgehead atoms. The second-order valence-corrected chi connectivity index (χ2v) is 2.89. The van der Waals surface area contributed by atoms with Crippen molar-refractivity contribution in [2.24, 2.45) is 16.5 Å². The number of nitrogens with two attached hydrogens (primary N) is 2. The Morgan fingerprint density at radius 3 is 2.46 bits per heavy atom. The molecule has 8 heteroatoms. The number of aromatic nitrogens is 1. The number of nitrogens with zero attached hydrogens (tertiary/aromatic N) is 2. The highest BCUT2D eigenvalue weighted by atomic mass is 32.1. The first kappa shape index (κ1) is 9.78. The van der Waals surface area contributed by atoms with Crippen LogP contribution in [0.3, 0.4) is 0 Å². The highest BCUT2D eigenvalue weighted by molar-refractivity contribution is 7.13. The monoisotopic (exact) mass is 210 g/mol. The molecule has 0 unspecified atom stereocenters. The molecular formula is C5H5F3N4S. The molecule has 0 amide bonds. The topological polar surface area (TPSA) is 77.3 Å². The van der Waals surface area contributed by atoms with Crippen LogP contribution in [0.5, 0.6) is 0 Å². The van der Waals surface area contributed by atoms with Gasteiger partial charge in [-0.15, -0.1) is 11.3 Å². The molecule has 13 heavy (non-hydrogen) atoms. The summed E-state index contributed by atoms with van der Waals surface area (Å²) in [5.41, 5.74) is 8.92. The second-order valence-electron chi connectivity index (χ2n) is 2.05. The summed E-state index contributed by atoms with van der Waals surface area (Å²) >= 11 is 0.726. The molecule has 1 aromatic rings. The van der Waals surface area contributed by atoms with Crippen molar-refractivity contribution in [2.75, 3.05) is 0 Å². The molecule has 0 saturated carbocycles. The average Bonchev–Trinajstić information content (AvgIpc) is 2.32. The minimum atomic E-state index is -4.45. The summed E-state index contributed by atoms with van der Waals surface area (Å²) in [5.74, 6) is -0.317. The molecular weight excluding hydrogens is 205 g/mol. The Balaban J connectivity index is 2.94. The maximum absolute atomic E-state index is 12.0. The van der Waals surface area contributed by atoms with Crippen molar-refractivity contribution in [3.05, 3.63) is 11.1 Å². The van der Waals surface area contributed by atoms with Gasteiger partial charge in [0.1, 0.15) is 0 Å². The fourth-order valence-electron chi connectivity index (χ4n) is 0.556. The van der Waals surface area contributed by atoms with Gasteiger partial charge in [-0.05, 0) is 0 Å². The lowest BCUT2D eigenvalue weighted by Crippen LogP contribution is -2.21. The van der Waals surface area contributed by atoms with E-state index in [2.05, 4.69) is 9.98 Å². The van der Waals surface area contributed by atoms with Crippen LogP contribution in [0.4, 0.5) is 18.3 Å². The van der Waals surface area contributed by atoms with Crippen LogP contribution in [0.25, 0.3) is 0 Å². The Morgan fingerprint density at radius 1 is 1.46 bits per heavy atom. The summed E-state index contributed by atoms with van der Waals surface area (Å²) in [7, 11) is 0. The molecule has 4 N–H and O–H groups in total. The van der Waals surface area contributed by atoms with Gasteiger partial charge in [-0.2, -0.15) is 18.2 Å². The summed E-state index contributed by atoms with van der Waals surface area (Å²) in [6.45, 7) is 0. The second kappa shape index (κ2) is 3.21. The molecule has 1 rings (SSSR count). The van der Waals surface area contributed by atoms with E-state index in [1.807, 2.05) is 0 Å². The molecule has 0 spiro atoms. The van der Waals surface area contributed by atoms with Gasteiger partial charge in [0.05, 0.1) is 0 Å². The zero-order valence-corrected chi connectivity index (χ0v) is 6.99. The molecule has 0 radical (unpaired) electrons. The molecule has 0 atom stereocenters. The van der Waals surface area contributed by atoms with Gasteiger partial charge < -0.3 is 11.5 Å². The van der Waals surface area contributed by atoms with Crippen LogP contribution in [-0.2, 0) is 6.18 Å². The van der Waals surface area contributed by atoms with E-state index in [1.54, 1.807) is 0 Å². The lowest BCUT2D eigenvalue weighted by atomic mass is 10.5. The van der Waals surface area contributed by atoms with Crippen LogP contribution >= 0.6 is 11.3 Å². The van der Waals surface area contributed by atoms with E-state index in [0.717, 1.165) is 16.7 Å². The normalized spacial score (nSPS) is 11.3. The molecule has 0 aliphatic carbocycles. The largest absolute Gasteiger partial charge is 0.434 e. The average molecular weight is 210 g/mol. The predicted octanol–water partition coefficient (Wildman–Crippen LogP) is 1.07. The van der Waals surface area contributed by atoms with E-state index in [9.17, 15) is 13.2 Å². The lowest BCUT2D eigenvalue weighted by Gasteiger charge is -1.98. The summed E-state index contributed by atoms with van der Waals surface area (Å²) in [5, 5.41) is 0.745. The maximum atomic E-state index is 12.0. The van der Waals surface area contributed by atoms with Crippen LogP contribution in [-0.4, -0.2) is 10.9 Å². The minimum absolute atomic E-state index is 0.104. The number of aliphatic imine (C=N–C) groups is 1. The van der Waals surface area contributed by atoms with Crippen molar-refractivity contribution in [1.82, 2.24) is 4.98 Å². The standard InChI is InChI=1S/C5H5F3N4S/c6-5(7,8)2-1-13-4(11-2)12-3(9)10/h1H,(H4,9,10,11,12). The van der Waals surface area contributed by atoms with Gasteiger partial charge in [-0.1, -0.05) is 0 Å². The zero-order valence-electron chi connectivity index (χ0n) is 6.17. The Morgan fingerprint density at radius 2 is 2.08 bits per heavy atom. The molecule has 4 nitrogen and oxygen atoms in total. The predicted molar refractivity (Wildman–Crippen MR) is 42.6 cm³/mol. The first-order chi connectivity index (χ1) is 5.89. The van der Waals surface area contributed by atoms with Crippen LogP contribution in [0.2, 0.25) is 0 Å². The number of thiazole rings is 1. The van der Waals surface area contributed by atoms with Crippen molar-refractivity contribution < 1.29 is 13.2 Å². The Hall–Kier alpha value is -1.31. The quantitative estimate of drug-likeness (QED) is 0.537. The first-order valence-electron chi connectivity index (χ1n) is 3.02. The number of guanidine groups is 1. The Bertz CT molecular complexity index is 325. The van der Waals surface area contributed by atoms with Crippen LogP contribution in [0, 0.1) is 0 Å². The third-order valence-electron chi connectivity index (χ3n) is 1.01. The maximum Gasteiger partial charge on any atom is 0.434 e. The smallest absolute Gasteiger partial charge is 0.370 e. The molecule has 1 heterocycles. The van der Waals surface area contributed by atoms with Crippen molar-refractivity contribution in [3.63, 3.8) is 0 Å². The Kier molecular flexibility index (Phi) is 2.41. The van der Waals surface area contributed by atoms with Gasteiger partial charge in [0.15, 0.2) is 11.7 Å². The number of alkyl halides is 3. The van der Waals surface area contributed by atoms with Gasteiger partial charge in [0.25, 0.3) is 0 Å². The van der Waals surface area contributed by atoms with Gasteiger partial charge in [0.2, 0.25) is 5.13 Å². The van der Waals surface area contributed by atoms with E-state index >= 15 is 0 Å². The van der Waals surface area contributed by atoms with Crippen molar-refractivity contribution >= 4 is 22.4 Å². The lowest BCUT2D eigenvalue weighted by molar-refractivity contribution is -0.140. The number of halogens is 3. The molecule has 0 saturated heterocycles. The molecule has 0 aliphatic heterocycles. The van der Waals surface area contributed by atoms with E-state index in [0.29, 0.717) is 0 Å². The van der Waals surface area contributed by atoms with Crippen LogP contribution in [0.15, 0.2) is 10.4 Å². The van der Waals surface area contributed by atoms with Crippen molar-refractivity contribution in [2.45, 2.75) is 6.18 Å². The highest BCUT2D eigenvalue weighted by Gasteiger charge is 2.33. The first-order valence-corrected chi connectivity index (χ1v) is 3.90. The fraction of sp³-hybridized carbons (Fsp3) is 0.200. The van der Waals surface area contributed by atoms with Gasteiger partial charge >= 0.3 is 6.18 Å². The Labute approximate surface area is 75.1 Å². The van der Waals surface area contributed by atoms with Crippen LogP contribution in [0.1, 0.15) is 5.69 Å². The summed E-state index contributed by atoms with van der Waals surface area (Å²) in [6.07, 6.45) is -4.45. The molecule has 72 valence electrons. The third-order valence-corrected chi connectivity index (χ3v) is 1.74. The molecule has 0 aromatic carbocycles. The van der Waals surface area contributed by atoms with E-state index in [4.69, 9.17) is 11.5 Å². The number of hydrogen-bond donors (Lipinski definition) is 2. The minimum Gasteiger partial charge on any atom is -0.370 e. The van der Waals surface area contributed by atoms with E-state index in [-0.39, 0.29) is 11.1 Å². The van der Waals surface area contributed by atoms with Crippen molar-refractivity contribution in [3.8, 4) is 0 Å². The molecule has 0 aliphatic rings. The molecule has 1 aromatic heterocycles. The van der Waals surface area contributed by atoms with E-state index < -0.39 is 11.9 Å². The fourth-order valence-corrected chi connectivity index (χ4v) is 1.27.